The average Bonchev–Trinajstić information content (AvgIpc) is 3.38. The maximum atomic E-state index is 13.3. The lowest BCUT2D eigenvalue weighted by Crippen LogP contribution is -2.67. The number of rotatable bonds is 6. The number of benzene rings is 1. The summed E-state index contributed by atoms with van der Waals surface area (Å²) in [4.78, 5) is 13.1. The summed E-state index contributed by atoms with van der Waals surface area (Å²) in [6.45, 7) is 18.2. The van der Waals surface area contributed by atoms with Crippen LogP contribution < -0.4 is 0 Å². The molecule has 0 bridgehead atoms. The summed E-state index contributed by atoms with van der Waals surface area (Å²) in [6.07, 6.45) is 7.94. The molecule has 0 N–H and O–H groups in total. The highest BCUT2D eigenvalue weighted by Crippen LogP contribution is 2.77. The molecule has 0 radical (unpaired) electrons. The Kier molecular flexibility index (Phi) is 8.43. The molecule has 1 aromatic carbocycles. The van der Waals surface area contributed by atoms with E-state index in [1.807, 2.05) is 32.0 Å². The highest BCUT2D eigenvalue weighted by molar-refractivity contribution is 7.87. The number of allylic oxidation sites excluding steroid dienone is 1. The normalized spacial score (nSPS) is 42.7. The molecule has 5 nitrogen and oxygen atoms in total. The number of carbonyl (C=O) groups excluding carboxylic acids is 1. The summed E-state index contributed by atoms with van der Waals surface area (Å²) in [7, 11) is -5.68. The second-order valence-electron chi connectivity index (χ2n) is 17.3. The van der Waals surface area contributed by atoms with Crippen molar-refractivity contribution in [1.29, 1.82) is 0 Å². The Morgan fingerprint density at radius 2 is 1.55 bits per heavy atom. The van der Waals surface area contributed by atoms with Gasteiger partial charge in [-0.05, 0) is 135 Å². The standard InChI is InChI=1S/C38H53F3O5S/c1-24(2)26-15-20-37(23-45-32(42)25-11-9-8-10-12-25)22-21-35(6)27(31(26)37)13-14-29-34(5)18-17-30(46-47(43,44)38(39,40)41)33(3,4)28(34)16-19-36(29,35)7/h8-12,26-31H,1,13-23H2,2-7H3/t26-,27+,28-,29+,30?,31+,34-,35+,36+,37+/m0/s1. The Labute approximate surface area is 279 Å². The van der Waals surface area contributed by atoms with E-state index in [-0.39, 0.29) is 40.0 Å². The fraction of sp³-hybridized carbons (Fsp3) is 0.763. The summed E-state index contributed by atoms with van der Waals surface area (Å²) < 4.78 is 75.3. The minimum atomic E-state index is -5.68. The lowest BCUT2D eigenvalue weighted by molar-refractivity contribution is -0.247. The predicted octanol–water partition coefficient (Wildman–Crippen LogP) is 9.74. The van der Waals surface area contributed by atoms with Crippen LogP contribution in [0.5, 0.6) is 0 Å². The van der Waals surface area contributed by atoms with E-state index in [1.54, 1.807) is 12.1 Å². The third-order valence-electron chi connectivity index (χ3n) is 15.2. The number of ether oxygens (including phenoxy) is 1. The van der Waals surface area contributed by atoms with Gasteiger partial charge in [0.2, 0.25) is 0 Å². The van der Waals surface area contributed by atoms with Crippen LogP contribution in [0.4, 0.5) is 13.2 Å². The Hall–Kier alpha value is -1.87. The molecule has 0 aromatic heterocycles. The highest BCUT2D eigenvalue weighted by Gasteiger charge is 2.71. The molecule has 5 fully saturated rings. The van der Waals surface area contributed by atoms with Gasteiger partial charge in [0.15, 0.2) is 0 Å². The van der Waals surface area contributed by atoms with E-state index in [4.69, 9.17) is 8.92 Å². The molecule has 1 aromatic rings. The van der Waals surface area contributed by atoms with Crippen LogP contribution in [-0.2, 0) is 19.0 Å². The highest BCUT2D eigenvalue weighted by atomic mass is 32.2. The van der Waals surface area contributed by atoms with E-state index in [9.17, 15) is 26.4 Å². The molecular weight excluding hydrogens is 625 g/mol. The first-order valence-electron chi connectivity index (χ1n) is 17.6. The zero-order chi connectivity index (χ0) is 34.4. The lowest BCUT2D eigenvalue weighted by atomic mass is 9.32. The Bertz CT molecular complexity index is 1510. The molecule has 47 heavy (non-hydrogen) atoms. The van der Waals surface area contributed by atoms with Gasteiger partial charge in [0.1, 0.15) is 0 Å². The van der Waals surface area contributed by atoms with Gasteiger partial charge in [-0.15, -0.1) is 0 Å². The number of hydrogen-bond acceptors (Lipinski definition) is 5. The van der Waals surface area contributed by atoms with Crippen molar-refractivity contribution in [2.75, 3.05) is 6.61 Å². The second kappa shape index (κ2) is 11.3. The number of hydrogen-bond donors (Lipinski definition) is 0. The van der Waals surface area contributed by atoms with E-state index in [0.29, 0.717) is 42.3 Å². The van der Waals surface area contributed by atoms with Gasteiger partial charge < -0.3 is 4.74 Å². The minimum Gasteiger partial charge on any atom is -0.461 e. The Morgan fingerprint density at radius 3 is 2.19 bits per heavy atom. The summed E-state index contributed by atoms with van der Waals surface area (Å²) in [5, 5.41) is 0. The molecule has 6 rings (SSSR count). The molecule has 5 aliphatic carbocycles. The smallest absolute Gasteiger partial charge is 0.461 e. The van der Waals surface area contributed by atoms with Crippen molar-refractivity contribution in [1.82, 2.24) is 0 Å². The van der Waals surface area contributed by atoms with Gasteiger partial charge in [-0.3, -0.25) is 4.18 Å². The monoisotopic (exact) mass is 678 g/mol. The number of alkyl halides is 3. The van der Waals surface area contributed by atoms with Crippen molar-refractivity contribution in [3.8, 4) is 0 Å². The van der Waals surface area contributed by atoms with E-state index >= 15 is 0 Å². The average molecular weight is 679 g/mol. The van der Waals surface area contributed by atoms with Crippen LogP contribution in [0.25, 0.3) is 0 Å². The summed E-state index contributed by atoms with van der Waals surface area (Å²) in [5.74, 6) is 1.34. The molecule has 0 heterocycles. The van der Waals surface area contributed by atoms with Gasteiger partial charge in [-0.25, -0.2) is 4.79 Å². The fourth-order valence-corrected chi connectivity index (χ4v) is 13.5. The van der Waals surface area contributed by atoms with Crippen molar-refractivity contribution in [2.45, 2.75) is 117 Å². The molecule has 5 saturated carbocycles. The van der Waals surface area contributed by atoms with E-state index in [0.717, 1.165) is 51.4 Å². The maximum absolute atomic E-state index is 13.3. The Balaban J connectivity index is 1.28. The van der Waals surface area contributed by atoms with Gasteiger partial charge in [0.05, 0.1) is 18.3 Å². The van der Waals surface area contributed by atoms with Gasteiger partial charge in [-0.1, -0.05) is 65.0 Å². The minimum absolute atomic E-state index is 0.0120. The van der Waals surface area contributed by atoms with Crippen molar-refractivity contribution in [2.24, 2.45) is 56.7 Å². The van der Waals surface area contributed by atoms with Crippen molar-refractivity contribution < 1.29 is 35.3 Å². The number of carbonyl (C=O) groups is 1. The van der Waals surface area contributed by atoms with Gasteiger partial charge in [0, 0.05) is 5.41 Å². The van der Waals surface area contributed by atoms with Crippen LogP contribution in [0.15, 0.2) is 42.5 Å². The largest absolute Gasteiger partial charge is 0.523 e. The predicted molar refractivity (Wildman–Crippen MR) is 176 cm³/mol. The van der Waals surface area contributed by atoms with E-state index < -0.39 is 27.1 Å². The van der Waals surface area contributed by atoms with E-state index in [2.05, 4.69) is 34.3 Å². The second-order valence-corrected chi connectivity index (χ2v) is 18.9. The van der Waals surface area contributed by atoms with Gasteiger partial charge in [-0.2, -0.15) is 21.6 Å². The topological polar surface area (TPSA) is 69.7 Å². The molecule has 0 saturated heterocycles. The van der Waals surface area contributed by atoms with Crippen LogP contribution in [0.3, 0.4) is 0 Å². The maximum Gasteiger partial charge on any atom is 0.523 e. The lowest BCUT2D eigenvalue weighted by Gasteiger charge is -2.73. The van der Waals surface area contributed by atoms with Gasteiger partial charge in [0.25, 0.3) is 0 Å². The summed E-state index contributed by atoms with van der Waals surface area (Å²) >= 11 is 0. The molecule has 9 heteroatoms. The van der Waals surface area contributed by atoms with Crippen LogP contribution in [0.1, 0.15) is 116 Å². The van der Waals surface area contributed by atoms with Crippen molar-refractivity contribution in [3.05, 3.63) is 48.0 Å². The third kappa shape index (κ3) is 5.17. The number of halogens is 3. The first-order chi connectivity index (χ1) is 21.7. The van der Waals surface area contributed by atoms with Gasteiger partial charge >= 0.3 is 21.6 Å². The zero-order valence-corrected chi connectivity index (χ0v) is 29.7. The Morgan fingerprint density at radius 1 is 0.872 bits per heavy atom. The van der Waals surface area contributed by atoms with E-state index in [1.165, 1.54) is 5.57 Å². The SMILES string of the molecule is C=C(C)[C@@H]1CC[C@]2(COC(=O)c3ccccc3)CC[C@]3(C)[C@H](CC[C@@H]4[C@@]5(C)CCC(OS(=O)(=O)C(F)(F)F)C(C)(C)[C@@H]5CC[C@]43C)[C@@H]12. The third-order valence-corrected chi connectivity index (χ3v) is 16.3. The molecule has 1 unspecified atom stereocenters. The fourth-order valence-electron chi connectivity index (χ4n) is 12.8. The molecule has 0 aliphatic heterocycles. The summed E-state index contributed by atoms with van der Waals surface area (Å²) in [6, 6.07) is 9.21. The molecule has 5 aliphatic rings. The van der Waals surface area contributed by atoms with Crippen molar-refractivity contribution >= 4 is 16.1 Å². The van der Waals surface area contributed by atoms with Crippen LogP contribution in [-0.4, -0.2) is 32.6 Å². The van der Waals surface area contributed by atoms with Crippen LogP contribution in [0, 0.1) is 56.7 Å². The van der Waals surface area contributed by atoms with Crippen molar-refractivity contribution in [3.63, 3.8) is 0 Å². The molecule has 0 spiro atoms. The molecule has 0 amide bonds. The quantitative estimate of drug-likeness (QED) is 0.130. The number of esters is 1. The molecule has 262 valence electrons. The van der Waals surface area contributed by atoms with Crippen LogP contribution >= 0.6 is 0 Å². The number of fused-ring (bicyclic) bond motifs is 7. The molecule has 10 atom stereocenters. The zero-order valence-electron chi connectivity index (χ0n) is 28.9. The molecular formula is C38H53F3O5S. The summed E-state index contributed by atoms with van der Waals surface area (Å²) in [5.41, 5.74) is -4.54. The first-order valence-corrected chi connectivity index (χ1v) is 19.0. The van der Waals surface area contributed by atoms with Crippen LogP contribution in [0.2, 0.25) is 0 Å². The first kappa shape index (κ1) is 35.0.